The second-order valence-electron chi connectivity index (χ2n) is 7.82. The largest absolute Gasteiger partial charge is 0.339 e. The fourth-order valence-corrected chi connectivity index (χ4v) is 5.04. The standard InChI is InChI=1S/C20H25ClN2O2/c21-18-5-3-15(4-6-18)20(25)23-9-7-22(8-10-23)19(24)13-17-12-14-1-2-16(17)11-14/h3-6,14,16-17H,1-2,7-13H2/t14-,16-,17-/m0/s1. The van der Waals surface area contributed by atoms with E-state index in [4.69, 9.17) is 11.6 Å². The summed E-state index contributed by atoms with van der Waals surface area (Å²) in [6.45, 7) is 2.53. The van der Waals surface area contributed by atoms with Crippen LogP contribution in [0, 0.1) is 17.8 Å². The van der Waals surface area contributed by atoms with Crippen molar-refractivity contribution in [1.82, 2.24) is 9.80 Å². The number of carbonyl (C=O) groups is 2. The highest BCUT2D eigenvalue weighted by atomic mass is 35.5. The molecule has 1 aromatic carbocycles. The van der Waals surface area contributed by atoms with Crippen molar-refractivity contribution < 1.29 is 9.59 Å². The number of hydrogen-bond acceptors (Lipinski definition) is 2. The second-order valence-corrected chi connectivity index (χ2v) is 8.26. The van der Waals surface area contributed by atoms with Crippen LogP contribution in [-0.4, -0.2) is 47.8 Å². The maximum atomic E-state index is 12.6. The summed E-state index contributed by atoms with van der Waals surface area (Å²) in [7, 11) is 0. The number of fused-ring (bicyclic) bond motifs is 2. The van der Waals surface area contributed by atoms with Crippen LogP contribution in [0.15, 0.2) is 24.3 Å². The van der Waals surface area contributed by atoms with Gasteiger partial charge in [0, 0.05) is 43.2 Å². The molecule has 1 saturated heterocycles. The number of hydrogen-bond donors (Lipinski definition) is 0. The van der Waals surface area contributed by atoms with Gasteiger partial charge in [0.25, 0.3) is 5.91 Å². The first-order valence-electron chi connectivity index (χ1n) is 9.43. The summed E-state index contributed by atoms with van der Waals surface area (Å²) in [6, 6.07) is 7.00. The van der Waals surface area contributed by atoms with Crippen LogP contribution in [0.4, 0.5) is 0 Å². The van der Waals surface area contributed by atoms with E-state index in [-0.39, 0.29) is 11.8 Å². The van der Waals surface area contributed by atoms with E-state index in [9.17, 15) is 9.59 Å². The Kier molecular flexibility index (Phi) is 4.72. The lowest BCUT2D eigenvalue weighted by molar-refractivity contribution is -0.134. The van der Waals surface area contributed by atoms with Gasteiger partial charge in [-0.25, -0.2) is 0 Å². The van der Waals surface area contributed by atoms with Crippen LogP contribution in [0.5, 0.6) is 0 Å². The second kappa shape index (κ2) is 6.99. The van der Waals surface area contributed by atoms with E-state index in [1.165, 1.54) is 25.7 Å². The first-order valence-corrected chi connectivity index (χ1v) is 9.80. The zero-order chi connectivity index (χ0) is 17.4. The molecule has 0 spiro atoms. The Morgan fingerprint density at radius 1 is 0.960 bits per heavy atom. The molecule has 3 aliphatic rings. The van der Waals surface area contributed by atoms with Crippen molar-refractivity contribution in [2.45, 2.75) is 32.1 Å². The summed E-state index contributed by atoms with van der Waals surface area (Å²) in [4.78, 5) is 28.9. The van der Waals surface area contributed by atoms with E-state index in [2.05, 4.69) is 0 Å². The van der Waals surface area contributed by atoms with Gasteiger partial charge >= 0.3 is 0 Å². The SMILES string of the molecule is O=C(C[C@@H]1C[C@H]2CC[C@H]1C2)N1CCN(C(=O)c2ccc(Cl)cc2)CC1. The summed E-state index contributed by atoms with van der Waals surface area (Å²) >= 11 is 5.88. The molecule has 25 heavy (non-hydrogen) atoms. The number of halogens is 1. The molecule has 4 rings (SSSR count). The molecule has 1 aliphatic heterocycles. The summed E-state index contributed by atoms with van der Waals surface area (Å²) in [5.74, 6) is 2.60. The lowest BCUT2D eigenvalue weighted by Gasteiger charge is -2.36. The van der Waals surface area contributed by atoms with Crippen molar-refractivity contribution in [3.8, 4) is 0 Å². The molecule has 0 unspecified atom stereocenters. The van der Waals surface area contributed by atoms with E-state index < -0.39 is 0 Å². The van der Waals surface area contributed by atoms with Crippen molar-refractivity contribution >= 4 is 23.4 Å². The molecule has 1 heterocycles. The van der Waals surface area contributed by atoms with E-state index in [0.29, 0.717) is 49.1 Å². The van der Waals surface area contributed by atoms with Crippen molar-refractivity contribution in [2.24, 2.45) is 17.8 Å². The molecule has 0 radical (unpaired) electrons. The Morgan fingerprint density at radius 2 is 1.64 bits per heavy atom. The van der Waals surface area contributed by atoms with Gasteiger partial charge in [0.15, 0.2) is 0 Å². The van der Waals surface area contributed by atoms with E-state index in [1.54, 1.807) is 24.3 Å². The maximum absolute atomic E-state index is 12.6. The summed E-state index contributed by atoms with van der Waals surface area (Å²) in [6.07, 6.45) is 6.02. The van der Waals surface area contributed by atoms with Gasteiger partial charge in [0.05, 0.1) is 0 Å². The molecule has 4 nitrogen and oxygen atoms in total. The third kappa shape index (κ3) is 3.55. The first-order chi connectivity index (χ1) is 12.1. The number of rotatable bonds is 3. The molecule has 1 aromatic rings. The van der Waals surface area contributed by atoms with Crippen LogP contribution in [0.1, 0.15) is 42.5 Å². The molecular formula is C20H25ClN2O2. The first kappa shape index (κ1) is 16.9. The quantitative estimate of drug-likeness (QED) is 0.828. The highest BCUT2D eigenvalue weighted by Gasteiger charge is 2.40. The van der Waals surface area contributed by atoms with Gasteiger partial charge in [-0.2, -0.15) is 0 Å². The Hall–Kier alpha value is -1.55. The molecule has 3 atom stereocenters. The summed E-state index contributed by atoms with van der Waals surface area (Å²) < 4.78 is 0. The average Bonchev–Trinajstić information content (AvgIpc) is 3.25. The van der Waals surface area contributed by atoms with Gasteiger partial charge in [-0.15, -0.1) is 0 Å². The minimum atomic E-state index is 0.0249. The van der Waals surface area contributed by atoms with Crippen LogP contribution >= 0.6 is 11.6 Å². The molecule has 2 aliphatic carbocycles. The van der Waals surface area contributed by atoms with Gasteiger partial charge in [-0.05, 0) is 61.3 Å². The molecule has 3 fully saturated rings. The van der Waals surface area contributed by atoms with Gasteiger partial charge in [-0.1, -0.05) is 18.0 Å². The van der Waals surface area contributed by atoms with Gasteiger partial charge in [0.2, 0.25) is 5.91 Å². The normalized spacial score (nSPS) is 28.4. The fourth-order valence-electron chi connectivity index (χ4n) is 4.91. The zero-order valence-corrected chi connectivity index (χ0v) is 15.3. The van der Waals surface area contributed by atoms with E-state index in [0.717, 1.165) is 11.8 Å². The van der Waals surface area contributed by atoms with E-state index in [1.807, 2.05) is 9.80 Å². The van der Waals surface area contributed by atoms with Crippen molar-refractivity contribution in [2.75, 3.05) is 26.2 Å². The maximum Gasteiger partial charge on any atom is 0.253 e. The van der Waals surface area contributed by atoms with Crippen molar-refractivity contribution in [1.29, 1.82) is 0 Å². The van der Waals surface area contributed by atoms with Crippen LogP contribution in [0.3, 0.4) is 0 Å². The van der Waals surface area contributed by atoms with Crippen LogP contribution in [0.2, 0.25) is 5.02 Å². The molecule has 5 heteroatoms. The van der Waals surface area contributed by atoms with Crippen molar-refractivity contribution in [3.63, 3.8) is 0 Å². The molecule has 0 N–H and O–H groups in total. The molecular weight excluding hydrogens is 336 g/mol. The minimum absolute atomic E-state index is 0.0249. The highest BCUT2D eigenvalue weighted by Crippen LogP contribution is 2.49. The average molecular weight is 361 g/mol. The molecule has 134 valence electrons. The third-order valence-corrected chi connectivity index (χ3v) is 6.58. The Morgan fingerprint density at radius 3 is 2.24 bits per heavy atom. The smallest absolute Gasteiger partial charge is 0.253 e. The number of piperazine rings is 1. The Labute approximate surface area is 154 Å². The third-order valence-electron chi connectivity index (χ3n) is 6.33. The zero-order valence-electron chi connectivity index (χ0n) is 14.5. The lowest BCUT2D eigenvalue weighted by atomic mass is 9.86. The van der Waals surface area contributed by atoms with E-state index >= 15 is 0 Å². The molecule has 0 aromatic heterocycles. The minimum Gasteiger partial charge on any atom is -0.339 e. The Balaban J connectivity index is 1.28. The number of nitrogens with zero attached hydrogens (tertiary/aromatic N) is 2. The van der Waals surface area contributed by atoms with Crippen molar-refractivity contribution in [3.05, 3.63) is 34.9 Å². The summed E-state index contributed by atoms with van der Waals surface area (Å²) in [5, 5.41) is 0.632. The summed E-state index contributed by atoms with van der Waals surface area (Å²) in [5.41, 5.74) is 0.658. The van der Waals surface area contributed by atoms with Crippen LogP contribution in [-0.2, 0) is 4.79 Å². The van der Waals surface area contributed by atoms with Gasteiger partial charge < -0.3 is 9.80 Å². The number of amides is 2. The molecule has 2 saturated carbocycles. The van der Waals surface area contributed by atoms with Gasteiger partial charge in [0.1, 0.15) is 0 Å². The monoisotopic (exact) mass is 360 g/mol. The fraction of sp³-hybridized carbons (Fsp3) is 0.600. The lowest BCUT2D eigenvalue weighted by Crippen LogP contribution is -2.51. The predicted octanol–water partition coefficient (Wildman–Crippen LogP) is 3.45. The Bertz CT molecular complexity index is 652. The van der Waals surface area contributed by atoms with Crippen LogP contribution < -0.4 is 0 Å². The number of benzene rings is 1. The molecule has 2 amide bonds. The topological polar surface area (TPSA) is 40.6 Å². The van der Waals surface area contributed by atoms with Crippen LogP contribution in [0.25, 0.3) is 0 Å². The highest BCUT2D eigenvalue weighted by molar-refractivity contribution is 6.30. The number of carbonyl (C=O) groups excluding carboxylic acids is 2. The van der Waals surface area contributed by atoms with Gasteiger partial charge in [-0.3, -0.25) is 9.59 Å². The molecule has 2 bridgehead atoms. The predicted molar refractivity (Wildman–Crippen MR) is 97.5 cm³/mol.